The molecule has 182 valence electrons. The minimum atomic E-state index is -0.165. The number of allylic oxidation sites excluding steroid dienone is 4. The summed E-state index contributed by atoms with van der Waals surface area (Å²) in [6.07, 6.45) is 15.4. The van der Waals surface area contributed by atoms with Gasteiger partial charge in [-0.25, -0.2) is 0 Å². The quantitative estimate of drug-likeness (QED) is 0.438. The Balaban J connectivity index is 1.64. The van der Waals surface area contributed by atoms with Gasteiger partial charge in [-0.05, 0) is 117 Å². The van der Waals surface area contributed by atoms with Gasteiger partial charge in [0.1, 0.15) is 0 Å². The Hall–Kier alpha value is -0.600. The maximum absolute atomic E-state index is 10.8. The second kappa shape index (κ2) is 8.26. The molecular weight excluding hydrogens is 392 g/mol. The minimum absolute atomic E-state index is 0.00179. The lowest BCUT2D eigenvalue weighted by molar-refractivity contribution is -0.132. The van der Waals surface area contributed by atoms with Gasteiger partial charge in [0.25, 0.3) is 0 Å². The number of rotatable bonds is 5. The summed E-state index contributed by atoms with van der Waals surface area (Å²) in [6.45, 7) is 17.1. The first kappa shape index (κ1) is 24.5. The van der Waals surface area contributed by atoms with E-state index >= 15 is 0 Å². The van der Waals surface area contributed by atoms with Crippen LogP contribution in [0.4, 0.5) is 0 Å². The average Bonchev–Trinajstić information content (AvgIpc) is 3.00. The van der Waals surface area contributed by atoms with Gasteiger partial charge in [0.2, 0.25) is 0 Å². The topological polar surface area (TPSA) is 40.5 Å². The number of fused-ring (bicyclic) bond motifs is 5. The summed E-state index contributed by atoms with van der Waals surface area (Å²) in [5.74, 6) is 2.29. The third-order valence-electron chi connectivity index (χ3n) is 11.8. The summed E-state index contributed by atoms with van der Waals surface area (Å²) in [5.41, 5.74) is 4.02. The molecule has 4 rings (SSSR count). The van der Waals surface area contributed by atoms with Crippen molar-refractivity contribution in [2.24, 2.45) is 45.3 Å². The Labute approximate surface area is 198 Å². The zero-order valence-electron chi connectivity index (χ0n) is 22.0. The Bertz CT molecular complexity index is 774. The van der Waals surface area contributed by atoms with Crippen molar-refractivity contribution in [1.29, 1.82) is 0 Å². The van der Waals surface area contributed by atoms with Crippen molar-refractivity contribution >= 4 is 0 Å². The molecule has 0 aromatic rings. The molecule has 2 nitrogen and oxygen atoms in total. The smallest absolute Gasteiger partial charge is 0.0594 e. The van der Waals surface area contributed by atoms with Crippen molar-refractivity contribution in [3.05, 3.63) is 23.3 Å². The summed E-state index contributed by atoms with van der Waals surface area (Å²) >= 11 is 0. The van der Waals surface area contributed by atoms with Crippen LogP contribution in [-0.2, 0) is 0 Å². The first-order valence-corrected chi connectivity index (χ1v) is 13.5. The Morgan fingerprint density at radius 3 is 2.44 bits per heavy atom. The number of hydrogen-bond acceptors (Lipinski definition) is 2. The van der Waals surface area contributed by atoms with Crippen LogP contribution in [0.3, 0.4) is 0 Å². The zero-order chi connectivity index (χ0) is 23.5. The molecule has 0 radical (unpaired) electrons. The van der Waals surface area contributed by atoms with Crippen LogP contribution >= 0.6 is 0 Å². The molecule has 8 atom stereocenters. The van der Waals surface area contributed by atoms with Crippen molar-refractivity contribution in [3.63, 3.8) is 0 Å². The summed E-state index contributed by atoms with van der Waals surface area (Å²) in [6, 6.07) is 0. The van der Waals surface area contributed by atoms with E-state index in [-0.39, 0.29) is 16.9 Å². The average molecular weight is 443 g/mol. The normalized spacial score (nSPS) is 45.8. The van der Waals surface area contributed by atoms with E-state index in [9.17, 15) is 10.2 Å². The second-order valence-corrected chi connectivity index (χ2v) is 13.6. The standard InChI is InChI=1S/C30H50O2/c1-20(2)9-8-10-21(19-31)22-13-17-30(7)24-11-12-25-27(3,4)26(32)15-16-28(25,5)23(24)14-18-29(22,30)6/h9,11,21-23,25-26,31-32H,8,10,12-19H2,1-7H3. The van der Waals surface area contributed by atoms with Crippen molar-refractivity contribution in [2.45, 2.75) is 112 Å². The van der Waals surface area contributed by atoms with Crippen LogP contribution < -0.4 is 0 Å². The van der Waals surface area contributed by atoms with Crippen LogP contribution in [0.1, 0.15) is 106 Å². The molecule has 4 aliphatic rings. The summed E-state index contributed by atoms with van der Waals surface area (Å²) in [4.78, 5) is 0. The first-order valence-electron chi connectivity index (χ1n) is 13.5. The summed E-state index contributed by atoms with van der Waals surface area (Å²) < 4.78 is 0. The third-order valence-corrected chi connectivity index (χ3v) is 11.8. The van der Waals surface area contributed by atoms with Gasteiger partial charge in [-0.3, -0.25) is 0 Å². The van der Waals surface area contributed by atoms with E-state index < -0.39 is 0 Å². The Kier molecular flexibility index (Phi) is 6.33. The fraction of sp³-hybridized carbons (Fsp3) is 0.867. The molecule has 0 heterocycles. The Morgan fingerprint density at radius 1 is 1.06 bits per heavy atom. The predicted octanol–water partition coefficient (Wildman–Crippen LogP) is 7.31. The highest BCUT2D eigenvalue weighted by molar-refractivity contribution is 5.33. The van der Waals surface area contributed by atoms with E-state index in [2.05, 4.69) is 60.6 Å². The molecule has 2 heteroatoms. The van der Waals surface area contributed by atoms with Gasteiger partial charge in [0.15, 0.2) is 0 Å². The van der Waals surface area contributed by atoms with E-state index in [0.717, 1.165) is 25.7 Å². The maximum Gasteiger partial charge on any atom is 0.0594 e. The largest absolute Gasteiger partial charge is 0.396 e. The fourth-order valence-electron chi connectivity index (χ4n) is 9.50. The van der Waals surface area contributed by atoms with Crippen LogP contribution in [0.25, 0.3) is 0 Å². The van der Waals surface area contributed by atoms with E-state index in [1.54, 1.807) is 5.57 Å². The van der Waals surface area contributed by atoms with Crippen molar-refractivity contribution in [1.82, 2.24) is 0 Å². The Morgan fingerprint density at radius 2 is 1.78 bits per heavy atom. The molecule has 0 spiro atoms. The van der Waals surface area contributed by atoms with Crippen LogP contribution in [0.15, 0.2) is 23.3 Å². The van der Waals surface area contributed by atoms with Crippen LogP contribution in [0, 0.1) is 45.3 Å². The van der Waals surface area contributed by atoms with Crippen LogP contribution in [0.2, 0.25) is 0 Å². The van der Waals surface area contributed by atoms with E-state index in [4.69, 9.17) is 0 Å². The zero-order valence-corrected chi connectivity index (χ0v) is 22.0. The first-order chi connectivity index (χ1) is 14.9. The molecule has 3 fully saturated rings. The molecular formula is C30H50O2. The van der Waals surface area contributed by atoms with Gasteiger partial charge in [-0.15, -0.1) is 0 Å². The van der Waals surface area contributed by atoms with Crippen molar-refractivity contribution < 1.29 is 10.2 Å². The molecule has 4 aliphatic carbocycles. The lowest BCUT2D eigenvalue weighted by Gasteiger charge is -2.64. The van der Waals surface area contributed by atoms with E-state index in [1.807, 2.05) is 0 Å². The SMILES string of the molecule is CC(C)=CCCC(CO)C1CCC2(C)C3=CCC4C(C)(C)C(O)CCC4(C)C3CCC12C. The molecule has 0 bridgehead atoms. The summed E-state index contributed by atoms with van der Waals surface area (Å²) in [5, 5.41) is 21.2. The van der Waals surface area contributed by atoms with E-state index in [1.165, 1.54) is 37.7 Å². The highest BCUT2D eigenvalue weighted by Crippen LogP contribution is 2.73. The molecule has 0 aromatic carbocycles. The van der Waals surface area contributed by atoms with Gasteiger partial charge >= 0.3 is 0 Å². The molecule has 0 aromatic heterocycles. The van der Waals surface area contributed by atoms with Gasteiger partial charge in [-0.2, -0.15) is 0 Å². The summed E-state index contributed by atoms with van der Waals surface area (Å²) in [7, 11) is 0. The lowest BCUT2D eigenvalue weighted by Crippen LogP contribution is -2.58. The van der Waals surface area contributed by atoms with E-state index in [0.29, 0.717) is 41.1 Å². The van der Waals surface area contributed by atoms with Gasteiger partial charge < -0.3 is 10.2 Å². The predicted molar refractivity (Wildman–Crippen MR) is 134 cm³/mol. The van der Waals surface area contributed by atoms with Crippen molar-refractivity contribution in [3.8, 4) is 0 Å². The molecule has 8 unspecified atom stereocenters. The molecule has 0 amide bonds. The number of aliphatic hydroxyl groups excluding tert-OH is 2. The van der Waals surface area contributed by atoms with Gasteiger partial charge in [-0.1, -0.05) is 57.9 Å². The fourth-order valence-corrected chi connectivity index (χ4v) is 9.50. The van der Waals surface area contributed by atoms with Crippen LogP contribution in [-0.4, -0.2) is 22.9 Å². The number of aliphatic hydroxyl groups is 2. The number of hydrogen-bond donors (Lipinski definition) is 2. The molecule has 3 saturated carbocycles. The second-order valence-electron chi connectivity index (χ2n) is 13.6. The molecule has 32 heavy (non-hydrogen) atoms. The third kappa shape index (κ3) is 3.41. The highest BCUT2D eigenvalue weighted by atomic mass is 16.3. The van der Waals surface area contributed by atoms with Gasteiger partial charge in [0.05, 0.1) is 6.10 Å². The monoisotopic (exact) mass is 442 g/mol. The maximum atomic E-state index is 10.8. The van der Waals surface area contributed by atoms with Gasteiger partial charge in [0, 0.05) is 6.61 Å². The van der Waals surface area contributed by atoms with Crippen LogP contribution in [0.5, 0.6) is 0 Å². The molecule has 0 aliphatic heterocycles. The lowest BCUT2D eigenvalue weighted by atomic mass is 9.41. The molecule has 0 saturated heterocycles. The van der Waals surface area contributed by atoms with Crippen molar-refractivity contribution in [2.75, 3.05) is 6.61 Å². The highest BCUT2D eigenvalue weighted by Gasteiger charge is 2.65. The molecule has 2 N–H and O–H groups in total. The minimum Gasteiger partial charge on any atom is -0.396 e.